The third kappa shape index (κ3) is 3.62. The first-order chi connectivity index (χ1) is 13.0. The number of fused-ring (bicyclic) bond motifs is 1. The zero-order valence-electron chi connectivity index (χ0n) is 15.9. The number of anilines is 1. The van der Waals surface area contributed by atoms with Crippen molar-refractivity contribution in [3.63, 3.8) is 0 Å². The monoisotopic (exact) mass is 367 g/mol. The Morgan fingerprint density at radius 1 is 0.889 bits per heavy atom. The molecule has 0 aliphatic carbocycles. The Kier molecular flexibility index (Phi) is 5.12. The zero-order chi connectivity index (χ0) is 19.6. The summed E-state index contributed by atoms with van der Waals surface area (Å²) in [6.45, 7) is 3.99. The normalized spacial score (nSPS) is 10.6. The Labute approximate surface area is 157 Å². The summed E-state index contributed by atoms with van der Waals surface area (Å²) < 4.78 is 15.8. The third-order valence-electron chi connectivity index (χ3n) is 4.31. The molecule has 0 radical (unpaired) electrons. The van der Waals surface area contributed by atoms with Gasteiger partial charge in [-0.05, 0) is 49.2 Å². The highest BCUT2D eigenvalue weighted by molar-refractivity contribution is 6.06. The van der Waals surface area contributed by atoms with Gasteiger partial charge in [0.2, 0.25) is 5.88 Å². The number of methoxy groups -OCH3 is 3. The molecule has 7 nitrogen and oxygen atoms in total. The Morgan fingerprint density at radius 2 is 1.56 bits per heavy atom. The lowest BCUT2D eigenvalue weighted by atomic mass is 10.1. The van der Waals surface area contributed by atoms with Crippen molar-refractivity contribution in [3.05, 3.63) is 47.2 Å². The van der Waals surface area contributed by atoms with E-state index in [-0.39, 0.29) is 11.6 Å². The molecule has 27 heavy (non-hydrogen) atoms. The molecule has 0 aliphatic heterocycles. The van der Waals surface area contributed by atoms with Crippen LogP contribution in [0.25, 0.3) is 11.0 Å². The number of aromatic nitrogens is 2. The van der Waals surface area contributed by atoms with Gasteiger partial charge in [-0.3, -0.25) is 4.79 Å². The maximum Gasteiger partial charge on any atom is 0.280 e. The van der Waals surface area contributed by atoms with Gasteiger partial charge in [0.1, 0.15) is 11.5 Å². The van der Waals surface area contributed by atoms with Gasteiger partial charge in [0.05, 0.1) is 38.1 Å². The van der Waals surface area contributed by atoms with E-state index in [1.54, 1.807) is 25.3 Å². The minimum absolute atomic E-state index is 0.103. The second-order valence-electron chi connectivity index (χ2n) is 6.03. The second kappa shape index (κ2) is 7.49. The van der Waals surface area contributed by atoms with Crippen molar-refractivity contribution < 1.29 is 19.0 Å². The van der Waals surface area contributed by atoms with E-state index in [1.165, 1.54) is 14.2 Å². The van der Waals surface area contributed by atoms with Crippen LogP contribution in [0.5, 0.6) is 17.4 Å². The van der Waals surface area contributed by atoms with Gasteiger partial charge in [0.25, 0.3) is 5.91 Å². The lowest BCUT2D eigenvalue weighted by Gasteiger charge is -2.13. The SMILES string of the molecule is COc1ccc(NC(=O)c2nc3cc(C)c(C)cc3nc2OC)c(OC)c1. The van der Waals surface area contributed by atoms with Gasteiger partial charge >= 0.3 is 0 Å². The number of aryl methyl sites for hydroxylation is 2. The highest BCUT2D eigenvalue weighted by atomic mass is 16.5. The summed E-state index contributed by atoms with van der Waals surface area (Å²) in [7, 11) is 4.54. The lowest BCUT2D eigenvalue weighted by Crippen LogP contribution is -2.16. The number of carbonyl (C=O) groups is 1. The van der Waals surface area contributed by atoms with Crippen LogP contribution in [0, 0.1) is 13.8 Å². The average molecular weight is 367 g/mol. The first kappa shape index (κ1) is 18.4. The molecule has 0 saturated carbocycles. The third-order valence-corrected chi connectivity index (χ3v) is 4.31. The molecule has 3 aromatic rings. The predicted molar refractivity (Wildman–Crippen MR) is 103 cm³/mol. The molecule has 1 aromatic heterocycles. The summed E-state index contributed by atoms with van der Waals surface area (Å²) in [5, 5.41) is 2.79. The Balaban J connectivity index is 2.01. The quantitative estimate of drug-likeness (QED) is 0.743. The van der Waals surface area contributed by atoms with E-state index in [0.717, 1.165) is 11.1 Å². The van der Waals surface area contributed by atoms with Gasteiger partial charge in [-0.25, -0.2) is 9.97 Å². The largest absolute Gasteiger partial charge is 0.497 e. The Morgan fingerprint density at radius 3 is 2.15 bits per heavy atom. The van der Waals surface area contributed by atoms with Crippen molar-refractivity contribution in [2.24, 2.45) is 0 Å². The molecular formula is C20H21N3O4. The number of amides is 1. The van der Waals surface area contributed by atoms with Crippen LogP contribution in [-0.4, -0.2) is 37.2 Å². The van der Waals surface area contributed by atoms with Crippen LogP contribution in [-0.2, 0) is 0 Å². The Hall–Kier alpha value is -3.35. The van der Waals surface area contributed by atoms with Crippen molar-refractivity contribution >= 4 is 22.6 Å². The molecule has 0 bridgehead atoms. The molecule has 2 aromatic carbocycles. The molecule has 1 heterocycles. The van der Waals surface area contributed by atoms with Gasteiger partial charge in [-0.15, -0.1) is 0 Å². The summed E-state index contributed by atoms with van der Waals surface area (Å²) in [4.78, 5) is 21.7. The number of hydrogen-bond acceptors (Lipinski definition) is 6. The maximum atomic E-state index is 12.8. The van der Waals surface area contributed by atoms with Crippen molar-refractivity contribution in [3.8, 4) is 17.4 Å². The summed E-state index contributed by atoms with van der Waals surface area (Å²) >= 11 is 0. The fraction of sp³-hybridized carbons (Fsp3) is 0.250. The molecule has 0 saturated heterocycles. The van der Waals surface area contributed by atoms with Gasteiger partial charge < -0.3 is 19.5 Å². The summed E-state index contributed by atoms with van der Waals surface area (Å²) in [5.74, 6) is 0.819. The van der Waals surface area contributed by atoms with E-state index in [0.29, 0.717) is 28.2 Å². The summed E-state index contributed by atoms with van der Waals surface area (Å²) in [6, 6.07) is 8.94. The van der Waals surface area contributed by atoms with Gasteiger partial charge in [-0.2, -0.15) is 0 Å². The number of ether oxygens (including phenoxy) is 3. The van der Waals surface area contributed by atoms with Crippen LogP contribution in [0.2, 0.25) is 0 Å². The molecule has 1 N–H and O–H groups in total. The van der Waals surface area contributed by atoms with E-state index in [9.17, 15) is 4.79 Å². The standard InChI is InChI=1S/C20H21N3O4/c1-11-8-15-16(9-12(11)2)23-20(27-5)18(21-15)19(24)22-14-7-6-13(25-3)10-17(14)26-4/h6-10H,1-5H3,(H,22,24). The first-order valence-corrected chi connectivity index (χ1v) is 8.33. The van der Waals surface area contributed by atoms with Gasteiger partial charge in [-0.1, -0.05) is 0 Å². The predicted octanol–water partition coefficient (Wildman–Crippen LogP) is 3.52. The molecule has 0 unspecified atom stereocenters. The van der Waals surface area contributed by atoms with Crippen molar-refractivity contribution in [1.29, 1.82) is 0 Å². The number of carbonyl (C=O) groups excluding carboxylic acids is 1. The van der Waals surface area contributed by atoms with E-state index in [4.69, 9.17) is 14.2 Å². The molecule has 0 aliphatic rings. The fourth-order valence-corrected chi connectivity index (χ4v) is 2.67. The topological polar surface area (TPSA) is 82.6 Å². The summed E-state index contributed by atoms with van der Waals surface area (Å²) in [6.07, 6.45) is 0. The van der Waals surface area contributed by atoms with E-state index in [2.05, 4.69) is 15.3 Å². The highest BCUT2D eigenvalue weighted by Crippen LogP contribution is 2.30. The minimum atomic E-state index is -0.442. The van der Waals surface area contributed by atoms with Gasteiger partial charge in [0.15, 0.2) is 5.69 Å². The minimum Gasteiger partial charge on any atom is -0.497 e. The number of rotatable bonds is 5. The zero-order valence-corrected chi connectivity index (χ0v) is 15.9. The van der Waals surface area contributed by atoms with Crippen molar-refractivity contribution in [2.45, 2.75) is 13.8 Å². The van der Waals surface area contributed by atoms with Gasteiger partial charge in [0, 0.05) is 6.07 Å². The molecule has 7 heteroatoms. The molecule has 3 rings (SSSR count). The van der Waals surface area contributed by atoms with E-state index in [1.807, 2.05) is 26.0 Å². The number of nitrogens with one attached hydrogen (secondary N) is 1. The van der Waals surface area contributed by atoms with Crippen LogP contribution in [0.1, 0.15) is 21.6 Å². The smallest absolute Gasteiger partial charge is 0.280 e. The second-order valence-corrected chi connectivity index (χ2v) is 6.03. The number of nitrogens with zero attached hydrogens (tertiary/aromatic N) is 2. The van der Waals surface area contributed by atoms with E-state index < -0.39 is 5.91 Å². The average Bonchev–Trinajstić information content (AvgIpc) is 2.68. The molecule has 0 atom stereocenters. The molecule has 0 spiro atoms. The molecular weight excluding hydrogens is 346 g/mol. The number of hydrogen-bond donors (Lipinski definition) is 1. The first-order valence-electron chi connectivity index (χ1n) is 8.33. The molecule has 140 valence electrons. The highest BCUT2D eigenvalue weighted by Gasteiger charge is 2.19. The molecule has 0 fully saturated rings. The van der Waals surface area contributed by atoms with Crippen LogP contribution in [0.4, 0.5) is 5.69 Å². The van der Waals surface area contributed by atoms with Crippen molar-refractivity contribution in [1.82, 2.24) is 9.97 Å². The van der Waals surface area contributed by atoms with Crippen molar-refractivity contribution in [2.75, 3.05) is 26.6 Å². The van der Waals surface area contributed by atoms with Crippen LogP contribution < -0.4 is 19.5 Å². The molecule has 1 amide bonds. The maximum absolute atomic E-state index is 12.8. The number of benzene rings is 2. The van der Waals surface area contributed by atoms with E-state index >= 15 is 0 Å². The Bertz CT molecular complexity index is 1020. The summed E-state index contributed by atoms with van der Waals surface area (Å²) in [5.41, 5.74) is 4.07. The lowest BCUT2D eigenvalue weighted by molar-refractivity contribution is 0.101. The fourth-order valence-electron chi connectivity index (χ4n) is 2.67. The van der Waals surface area contributed by atoms with Crippen LogP contribution in [0.15, 0.2) is 30.3 Å². The van der Waals surface area contributed by atoms with Crippen LogP contribution >= 0.6 is 0 Å². The van der Waals surface area contributed by atoms with Crippen LogP contribution in [0.3, 0.4) is 0 Å².